The molecule has 0 aromatic carbocycles. The fraction of sp³-hybridized carbons (Fsp3) is 0.600. The molecule has 1 aliphatic rings. The summed E-state index contributed by atoms with van der Waals surface area (Å²) >= 11 is 1.47. The predicted octanol–water partition coefficient (Wildman–Crippen LogP) is 1.19. The Labute approximate surface area is 97.8 Å². The maximum absolute atomic E-state index is 11.6. The van der Waals surface area contributed by atoms with Gasteiger partial charge in [-0.3, -0.25) is 10.1 Å². The summed E-state index contributed by atoms with van der Waals surface area (Å²) in [6.45, 7) is 3.01. The first-order valence-corrected chi connectivity index (χ1v) is 5.92. The van der Waals surface area contributed by atoms with Crippen molar-refractivity contribution < 1.29 is 14.3 Å². The van der Waals surface area contributed by atoms with Crippen LogP contribution in [0, 0.1) is 0 Å². The standard InChI is InChI=1S/C10H14N2O3S/c1-6(14-2)9(13)12-10-11-7-3-4-15-5-8(7)16-10/h6H,3-5H2,1-2H3,(H,11,12,13)/t6-/m0/s1. The Morgan fingerprint density at radius 1 is 1.69 bits per heavy atom. The molecular weight excluding hydrogens is 228 g/mol. The minimum Gasteiger partial charge on any atom is -0.375 e. The number of fused-ring (bicyclic) bond motifs is 1. The maximum Gasteiger partial charge on any atom is 0.254 e. The Bertz CT molecular complexity index is 368. The van der Waals surface area contributed by atoms with Gasteiger partial charge >= 0.3 is 0 Å². The highest BCUT2D eigenvalue weighted by Crippen LogP contribution is 2.27. The number of nitrogens with one attached hydrogen (secondary N) is 1. The highest BCUT2D eigenvalue weighted by atomic mass is 32.1. The monoisotopic (exact) mass is 242 g/mol. The van der Waals surface area contributed by atoms with Crippen molar-refractivity contribution in [3.8, 4) is 0 Å². The summed E-state index contributed by atoms with van der Waals surface area (Å²) in [6, 6.07) is 0. The molecular formula is C10H14N2O3S. The SMILES string of the molecule is CO[C@@H](C)C(=O)Nc1nc2c(s1)COCC2. The number of amides is 1. The second-order valence-electron chi connectivity index (χ2n) is 3.56. The van der Waals surface area contributed by atoms with Gasteiger partial charge in [0.25, 0.3) is 5.91 Å². The summed E-state index contributed by atoms with van der Waals surface area (Å²) in [5, 5.41) is 3.37. The molecule has 0 fully saturated rings. The molecule has 2 rings (SSSR count). The van der Waals surface area contributed by atoms with E-state index in [1.54, 1.807) is 6.92 Å². The van der Waals surface area contributed by atoms with Crippen LogP contribution in [-0.2, 0) is 27.3 Å². The van der Waals surface area contributed by atoms with Gasteiger partial charge in [-0.25, -0.2) is 4.98 Å². The van der Waals surface area contributed by atoms with E-state index in [0.29, 0.717) is 18.3 Å². The van der Waals surface area contributed by atoms with Crippen molar-refractivity contribution in [2.75, 3.05) is 19.0 Å². The number of thiazole rings is 1. The van der Waals surface area contributed by atoms with Gasteiger partial charge in [0.2, 0.25) is 0 Å². The Balaban J connectivity index is 2.05. The number of anilines is 1. The van der Waals surface area contributed by atoms with Gasteiger partial charge < -0.3 is 9.47 Å². The van der Waals surface area contributed by atoms with E-state index in [9.17, 15) is 4.79 Å². The fourth-order valence-electron chi connectivity index (χ4n) is 1.39. The van der Waals surface area contributed by atoms with Gasteiger partial charge in [0.05, 0.1) is 23.8 Å². The molecule has 6 heteroatoms. The number of carbonyl (C=O) groups is 1. The molecule has 2 heterocycles. The van der Waals surface area contributed by atoms with Crippen LogP contribution in [0.15, 0.2) is 0 Å². The van der Waals surface area contributed by atoms with E-state index in [1.807, 2.05) is 0 Å². The van der Waals surface area contributed by atoms with Crippen molar-refractivity contribution in [3.63, 3.8) is 0 Å². The van der Waals surface area contributed by atoms with E-state index in [1.165, 1.54) is 18.4 Å². The third-order valence-electron chi connectivity index (χ3n) is 2.45. The van der Waals surface area contributed by atoms with Crippen molar-refractivity contribution in [3.05, 3.63) is 10.6 Å². The van der Waals surface area contributed by atoms with E-state index in [0.717, 1.165) is 17.0 Å². The number of methoxy groups -OCH3 is 1. The van der Waals surface area contributed by atoms with Gasteiger partial charge in [0, 0.05) is 13.5 Å². The lowest BCUT2D eigenvalue weighted by molar-refractivity contribution is -0.124. The highest BCUT2D eigenvalue weighted by Gasteiger charge is 2.18. The lowest BCUT2D eigenvalue weighted by Gasteiger charge is -2.08. The first kappa shape index (κ1) is 11.5. The van der Waals surface area contributed by atoms with Crippen LogP contribution in [0.1, 0.15) is 17.5 Å². The number of carbonyl (C=O) groups excluding carboxylic acids is 1. The average molecular weight is 242 g/mol. The normalized spacial score (nSPS) is 16.6. The van der Waals surface area contributed by atoms with Crippen LogP contribution in [0.3, 0.4) is 0 Å². The first-order valence-electron chi connectivity index (χ1n) is 5.10. The molecule has 1 N–H and O–H groups in total. The summed E-state index contributed by atoms with van der Waals surface area (Å²) in [4.78, 5) is 17.0. The number of ether oxygens (including phenoxy) is 2. The topological polar surface area (TPSA) is 60.5 Å². The molecule has 1 aliphatic heterocycles. The molecule has 0 spiro atoms. The molecule has 0 saturated heterocycles. The van der Waals surface area contributed by atoms with E-state index in [4.69, 9.17) is 9.47 Å². The number of rotatable bonds is 3. The quantitative estimate of drug-likeness (QED) is 0.865. The lowest BCUT2D eigenvalue weighted by atomic mass is 10.2. The van der Waals surface area contributed by atoms with Gasteiger partial charge in [-0.1, -0.05) is 11.3 Å². The zero-order chi connectivity index (χ0) is 11.5. The molecule has 16 heavy (non-hydrogen) atoms. The number of hydrogen-bond acceptors (Lipinski definition) is 5. The molecule has 0 unspecified atom stereocenters. The van der Waals surface area contributed by atoms with Crippen LogP contribution >= 0.6 is 11.3 Å². The molecule has 1 atom stereocenters. The summed E-state index contributed by atoms with van der Waals surface area (Å²) in [6.07, 6.45) is 0.360. The highest BCUT2D eigenvalue weighted by molar-refractivity contribution is 7.15. The van der Waals surface area contributed by atoms with Crippen molar-refractivity contribution >= 4 is 22.4 Å². The van der Waals surface area contributed by atoms with Crippen LogP contribution < -0.4 is 5.32 Å². The van der Waals surface area contributed by atoms with Gasteiger partial charge in [0.1, 0.15) is 6.10 Å². The van der Waals surface area contributed by atoms with Crippen LogP contribution in [0.5, 0.6) is 0 Å². The van der Waals surface area contributed by atoms with E-state index in [-0.39, 0.29) is 5.91 Å². The molecule has 1 aromatic rings. The number of aromatic nitrogens is 1. The van der Waals surface area contributed by atoms with E-state index in [2.05, 4.69) is 10.3 Å². The third-order valence-corrected chi connectivity index (χ3v) is 3.43. The molecule has 0 radical (unpaired) electrons. The fourth-order valence-corrected chi connectivity index (χ4v) is 2.34. The second-order valence-corrected chi connectivity index (χ2v) is 4.64. The zero-order valence-corrected chi connectivity index (χ0v) is 10.1. The molecule has 1 aromatic heterocycles. The summed E-state index contributed by atoms with van der Waals surface area (Å²) in [7, 11) is 1.50. The van der Waals surface area contributed by atoms with E-state index < -0.39 is 6.10 Å². The number of nitrogens with zero attached hydrogens (tertiary/aromatic N) is 1. The Morgan fingerprint density at radius 2 is 2.50 bits per heavy atom. The molecule has 5 nitrogen and oxygen atoms in total. The molecule has 1 amide bonds. The minimum atomic E-state index is -0.461. The minimum absolute atomic E-state index is 0.172. The lowest BCUT2D eigenvalue weighted by Crippen LogP contribution is -2.26. The zero-order valence-electron chi connectivity index (χ0n) is 9.28. The Morgan fingerprint density at radius 3 is 3.19 bits per heavy atom. The van der Waals surface area contributed by atoms with E-state index >= 15 is 0 Å². The maximum atomic E-state index is 11.6. The first-order chi connectivity index (χ1) is 7.70. The van der Waals surface area contributed by atoms with Crippen molar-refractivity contribution in [2.45, 2.75) is 26.1 Å². The van der Waals surface area contributed by atoms with Gasteiger partial charge in [-0.05, 0) is 6.92 Å². The van der Waals surface area contributed by atoms with Gasteiger partial charge in [0.15, 0.2) is 5.13 Å². The van der Waals surface area contributed by atoms with Crippen molar-refractivity contribution in [1.82, 2.24) is 4.98 Å². The summed E-state index contributed by atoms with van der Waals surface area (Å²) in [5.74, 6) is -0.172. The van der Waals surface area contributed by atoms with Gasteiger partial charge in [-0.2, -0.15) is 0 Å². The van der Waals surface area contributed by atoms with Crippen LogP contribution in [0.2, 0.25) is 0 Å². The molecule has 0 saturated carbocycles. The Kier molecular flexibility index (Phi) is 3.52. The largest absolute Gasteiger partial charge is 0.375 e. The Hall–Kier alpha value is -0.980. The van der Waals surface area contributed by atoms with Crippen LogP contribution in [-0.4, -0.2) is 30.7 Å². The van der Waals surface area contributed by atoms with Crippen LogP contribution in [0.4, 0.5) is 5.13 Å². The summed E-state index contributed by atoms with van der Waals surface area (Å²) in [5.41, 5.74) is 1.04. The predicted molar refractivity (Wildman–Crippen MR) is 60.6 cm³/mol. The summed E-state index contributed by atoms with van der Waals surface area (Å²) < 4.78 is 10.2. The van der Waals surface area contributed by atoms with Crippen LogP contribution in [0.25, 0.3) is 0 Å². The third kappa shape index (κ3) is 2.40. The van der Waals surface area contributed by atoms with Crippen molar-refractivity contribution in [1.29, 1.82) is 0 Å². The number of hydrogen-bond donors (Lipinski definition) is 1. The van der Waals surface area contributed by atoms with Gasteiger partial charge in [-0.15, -0.1) is 0 Å². The average Bonchev–Trinajstić information content (AvgIpc) is 2.69. The smallest absolute Gasteiger partial charge is 0.254 e. The molecule has 0 bridgehead atoms. The molecule has 88 valence electrons. The van der Waals surface area contributed by atoms with Crippen molar-refractivity contribution in [2.24, 2.45) is 0 Å². The second kappa shape index (κ2) is 4.90. The molecule has 0 aliphatic carbocycles.